The van der Waals surface area contributed by atoms with Crippen LogP contribution in [0.1, 0.15) is 50.3 Å². The minimum absolute atomic E-state index is 0.0907. The lowest BCUT2D eigenvalue weighted by molar-refractivity contribution is 0.399. The van der Waals surface area contributed by atoms with Gasteiger partial charge in [0.15, 0.2) is 5.82 Å². The molecule has 3 rings (SSSR count). The summed E-state index contributed by atoms with van der Waals surface area (Å²) in [6, 6.07) is 0.835. The lowest BCUT2D eigenvalue weighted by Gasteiger charge is -2.23. The third-order valence-corrected chi connectivity index (χ3v) is 5.55. The first-order chi connectivity index (χ1) is 11.3. The maximum Gasteiger partial charge on any atom is 0.244 e. The van der Waals surface area contributed by atoms with E-state index in [1.165, 1.54) is 12.3 Å². The number of aromatic nitrogens is 4. The molecule has 3 heterocycles. The van der Waals surface area contributed by atoms with Crippen LogP contribution in [-0.2, 0) is 16.6 Å². The zero-order chi connectivity index (χ0) is 17.5. The van der Waals surface area contributed by atoms with Crippen molar-refractivity contribution >= 4 is 27.4 Å². The van der Waals surface area contributed by atoms with Crippen LogP contribution < -0.4 is 10.5 Å². The number of nitrogens with two attached hydrogens (primary N) is 1. The van der Waals surface area contributed by atoms with Gasteiger partial charge >= 0.3 is 0 Å². The average molecular weight is 371 g/mol. The number of sulfonamides is 1. The molecule has 0 bridgehead atoms. The van der Waals surface area contributed by atoms with Gasteiger partial charge in [0, 0.05) is 18.7 Å². The summed E-state index contributed by atoms with van der Waals surface area (Å²) >= 11 is 5.85. The number of fused-ring (bicyclic) bond motifs is 1. The van der Waals surface area contributed by atoms with Crippen LogP contribution in [0.4, 0.5) is 5.82 Å². The average Bonchev–Trinajstić information content (AvgIpc) is 2.95. The van der Waals surface area contributed by atoms with Gasteiger partial charge < -0.3 is 5.73 Å². The molecule has 1 aliphatic rings. The summed E-state index contributed by atoms with van der Waals surface area (Å²) in [6.07, 6.45) is 2.76. The van der Waals surface area contributed by atoms with Crippen LogP contribution in [0.15, 0.2) is 17.2 Å². The van der Waals surface area contributed by atoms with Crippen molar-refractivity contribution in [2.45, 2.75) is 50.1 Å². The first kappa shape index (κ1) is 17.1. The summed E-state index contributed by atoms with van der Waals surface area (Å²) in [4.78, 5) is 8.18. The van der Waals surface area contributed by atoms with Crippen molar-refractivity contribution in [1.82, 2.24) is 24.5 Å². The predicted octanol–water partition coefficient (Wildman–Crippen LogP) is 1.85. The van der Waals surface area contributed by atoms with Crippen molar-refractivity contribution in [2.75, 3.05) is 5.73 Å². The molecule has 0 spiro atoms. The Kier molecular flexibility index (Phi) is 4.50. The molecule has 1 aliphatic heterocycles. The lowest BCUT2D eigenvalue weighted by Crippen LogP contribution is -2.33. The number of anilines is 1. The van der Waals surface area contributed by atoms with Crippen LogP contribution in [0.25, 0.3) is 0 Å². The van der Waals surface area contributed by atoms with E-state index in [1.54, 1.807) is 4.68 Å². The number of halogens is 1. The highest BCUT2D eigenvalue weighted by atomic mass is 35.5. The first-order valence-electron chi connectivity index (χ1n) is 7.66. The molecular formula is C14H19ClN6O2S. The molecule has 0 amide bonds. The maximum absolute atomic E-state index is 12.7. The van der Waals surface area contributed by atoms with E-state index >= 15 is 0 Å². The summed E-state index contributed by atoms with van der Waals surface area (Å²) in [5, 5.41) is 4.65. The quantitative estimate of drug-likeness (QED) is 0.848. The minimum atomic E-state index is -3.87. The molecule has 0 unspecified atom stereocenters. The van der Waals surface area contributed by atoms with Gasteiger partial charge in [-0.3, -0.25) is 0 Å². The Hall–Kier alpha value is -1.71. The van der Waals surface area contributed by atoms with Crippen LogP contribution in [0, 0.1) is 0 Å². The van der Waals surface area contributed by atoms with Gasteiger partial charge in [0.2, 0.25) is 10.0 Å². The number of pyridine rings is 1. The van der Waals surface area contributed by atoms with Crippen LogP contribution >= 0.6 is 11.6 Å². The Labute approximate surface area is 145 Å². The van der Waals surface area contributed by atoms with Crippen LogP contribution in [0.3, 0.4) is 0 Å². The molecule has 24 heavy (non-hydrogen) atoms. The van der Waals surface area contributed by atoms with Gasteiger partial charge in [0.05, 0.1) is 11.1 Å². The Morgan fingerprint density at radius 2 is 2.21 bits per heavy atom. The van der Waals surface area contributed by atoms with E-state index in [2.05, 4.69) is 19.8 Å². The number of rotatable bonds is 4. The standard InChI is InChI=1S/C14H19ClN6O2S/c1-8(2)13-18-14-10(4-3-5-21(14)19-13)20-24(22,23)11-6-9(15)7-17-12(11)16/h6-8,10,20H,3-5H2,1-2H3,(H2,16,17)/t10-/m0/s1. The molecule has 2 aromatic heterocycles. The van der Waals surface area contributed by atoms with Gasteiger partial charge in [-0.1, -0.05) is 25.4 Å². The Morgan fingerprint density at radius 1 is 1.46 bits per heavy atom. The summed E-state index contributed by atoms with van der Waals surface area (Å²) < 4.78 is 29.8. The molecule has 0 aromatic carbocycles. The monoisotopic (exact) mass is 370 g/mol. The van der Waals surface area contributed by atoms with Crippen molar-refractivity contribution in [3.63, 3.8) is 0 Å². The third kappa shape index (κ3) is 3.24. The molecule has 0 aliphatic carbocycles. The molecule has 10 heteroatoms. The normalized spacial score (nSPS) is 17.9. The van der Waals surface area contributed by atoms with Crippen molar-refractivity contribution in [2.24, 2.45) is 0 Å². The minimum Gasteiger partial charge on any atom is -0.383 e. The number of nitrogens with one attached hydrogen (secondary N) is 1. The van der Waals surface area contributed by atoms with E-state index in [0.717, 1.165) is 13.0 Å². The van der Waals surface area contributed by atoms with E-state index in [-0.39, 0.29) is 21.7 Å². The Bertz CT molecular complexity index is 864. The highest BCUT2D eigenvalue weighted by molar-refractivity contribution is 7.89. The smallest absolute Gasteiger partial charge is 0.244 e. The van der Waals surface area contributed by atoms with Gasteiger partial charge in [-0.05, 0) is 18.9 Å². The molecule has 0 saturated heterocycles. The molecule has 0 saturated carbocycles. The fourth-order valence-corrected chi connectivity index (χ4v) is 4.18. The van der Waals surface area contributed by atoms with Crippen molar-refractivity contribution in [3.05, 3.63) is 28.9 Å². The van der Waals surface area contributed by atoms with E-state index < -0.39 is 16.1 Å². The number of hydrogen-bond acceptors (Lipinski definition) is 6. The van der Waals surface area contributed by atoms with Crippen molar-refractivity contribution < 1.29 is 8.42 Å². The van der Waals surface area contributed by atoms with Crippen LogP contribution in [0.2, 0.25) is 5.02 Å². The lowest BCUT2D eigenvalue weighted by atomic mass is 10.1. The van der Waals surface area contributed by atoms with Crippen LogP contribution in [0.5, 0.6) is 0 Å². The molecule has 130 valence electrons. The number of nitrogens with zero attached hydrogens (tertiary/aromatic N) is 4. The summed E-state index contributed by atoms with van der Waals surface area (Å²) in [5.41, 5.74) is 5.70. The fourth-order valence-electron chi connectivity index (χ4n) is 2.62. The number of aryl methyl sites for hydroxylation is 1. The van der Waals surface area contributed by atoms with Gasteiger partial charge in [-0.25, -0.2) is 27.8 Å². The number of hydrogen-bond donors (Lipinski definition) is 2. The molecule has 0 radical (unpaired) electrons. The maximum atomic E-state index is 12.7. The second kappa shape index (κ2) is 6.30. The summed E-state index contributed by atoms with van der Waals surface area (Å²) in [5.74, 6) is 1.42. The van der Waals surface area contributed by atoms with Crippen LogP contribution in [-0.4, -0.2) is 28.2 Å². The van der Waals surface area contributed by atoms with E-state index in [0.29, 0.717) is 18.1 Å². The molecule has 1 atom stereocenters. The van der Waals surface area contributed by atoms with E-state index in [9.17, 15) is 8.42 Å². The van der Waals surface area contributed by atoms with Gasteiger partial charge in [-0.15, -0.1) is 0 Å². The number of nitrogen functional groups attached to an aromatic ring is 1. The second-order valence-electron chi connectivity index (χ2n) is 6.06. The second-order valence-corrected chi connectivity index (χ2v) is 8.18. The highest BCUT2D eigenvalue weighted by Gasteiger charge is 2.30. The predicted molar refractivity (Wildman–Crippen MR) is 90.1 cm³/mol. The molecule has 3 N–H and O–H groups in total. The zero-order valence-corrected chi connectivity index (χ0v) is 15.0. The van der Waals surface area contributed by atoms with Gasteiger partial charge in [0.1, 0.15) is 16.5 Å². The highest BCUT2D eigenvalue weighted by Crippen LogP contribution is 2.28. The van der Waals surface area contributed by atoms with Gasteiger partial charge in [0.25, 0.3) is 0 Å². The van der Waals surface area contributed by atoms with E-state index in [4.69, 9.17) is 17.3 Å². The van der Waals surface area contributed by atoms with E-state index in [1.807, 2.05) is 13.8 Å². The molecular weight excluding hydrogens is 352 g/mol. The first-order valence-corrected chi connectivity index (χ1v) is 9.52. The topological polar surface area (TPSA) is 116 Å². The largest absolute Gasteiger partial charge is 0.383 e. The Balaban J connectivity index is 1.93. The van der Waals surface area contributed by atoms with Crippen molar-refractivity contribution in [3.8, 4) is 0 Å². The van der Waals surface area contributed by atoms with Gasteiger partial charge in [-0.2, -0.15) is 5.10 Å². The molecule has 0 fully saturated rings. The molecule has 8 nitrogen and oxygen atoms in total. The van der Waals surface area contributed by atoms with Crippen molar-refractivity contribution in [1.29, 1.82) is 0 Å². The Morgan fingerprint density at radius 3 is 2.92 bits per heavy atom. The summed E-state index contributed by atoms with van der Waals surface area (Å²) in [6.45, 7) is 4.73. The molecule has 2 aromatic rings. The zero-order valence-electron chi connectivity index (χ0n) is 13.4. The SMILES string of the molecule is CC(C)c1nc2n(n1)CCC[C@@H]2NS(=O)(=O)c1cc(Cl)cnc1N. The third-order valence-electron chi connectivity index (χ3n) is 3.84. The fraction of sp³-hybridized carbons (Fsp3) is 0.500. The summed E-state index contributed by atoms with van der Waals surface area (Å²) in [7, 11) is -3.87.